The lowest BCUT2D eigenvalue weighted by atomic mass is 9.86. The van der Waals surface area contributed by atoms with Gasteiger partial charge in [-0.3, -0.25) is 4.90 Å². The van der Waals surface area contributed by atoms with Crippen LogP contribution in [-0.2, 0) is 0 Å². The summed E-state index contributed by atoms with van der Waals surface area (Å²) < 4.78 is 19.0. The van der Waals surface area contributed by atoms with E-state index >= 15 is 0 Å². The van der Waals surface area contributed by atoms with Gasteiger partial charge >= 0.3 is 0 Å². The zero-order chi connectivity index (χ0) is 16.2. The van der Waals surface area contributed by atoms with E-state index in [4.69, 9.17) is 4.74 Å². The molecule has 0 spiro atoms. The van der Waals surface area contributed by atoms with Gasteiger partial charge in [-0.2, -0.15) is 0 Å². The molecule has 2 aliphatic rings. The molecule has 2 fully saturated rings. The quantitative estimate of drug-likeness (QED) is 0.917. The maximum Gasteiger partial charge on any atom is 0.126 e. The van der Waals surface area contributed by atoms with Crippen LogP contribution in [0.4, 0.5) is 4.39 Å². The number of ether oxygens (including phenoxy) is 1. The third kappa shape index (κ3) is 4.04. The summed E-state index contributed by atoms with van der Waals surface area (Å²) in [5.41, 5.74) is 0. The largest absolute Gasteiger partial charge is 0.488 e. The lowest BCUT2D eigenvalue weighted by Crippen LogP contribution is -2.54. The number of benzene rings is 1. The third-order valence-electron chi connectivity index (χ3n) is 5.54. The van der Waals surface area contributed by atoms with Crippen LogP contribution in [0.5, 0.6) is 5.75 Å². The van der Waals surface area contributed by atoms with E-state index in [1.54, 1.807) is 12.1 Å². The van der Waals surface area contributed by atoms with E-state index in [0.717, 1.165) is 19.3 Å². The zero-order valence-corrected chi connectivity index (χ0v) is 14.0. The zero-order valence-electron chi connectivity index (χ0n) is 14.0. The number of nitrogens with zero attached hydrogens (tertiary/aromatic N) is 1. The normalized spacial score (nSPS) is 29.7. The second kappa shape index (κ2) is 7.63. The van der Waals surface area contributed by atoms with Gasteiger partial charge in [0.15, 0.2) is 0 Å². The van der Waals surface area contributed by atoms with Crippen molar-refractivity contribution in [2.75, 3.05) is 7.05 Å². The Kier molecular flexibility index (Phi) is 5.54. The molecule has 3 rings (SSSR count). The molecule has 3 nitrogen and oxygen atoms in total. The number of hydrogen-bond donors (Lipinski definition) is 1. The summed E-state index contributed by atoms with van der Waals surface area (Å²) in [4.78, 5) is 2.39. The number of rotatable bonds is 4. The smallest absolute Gasteiger partial charge is 0.126 e. The average Bonchev–Trinajstić information content (AvgIpc) is 2.59. The summed E-state index contributed by atoms with van der Waals surface area (Å²) in [7, 11) is 2.16. The van der Waals surface area contributed by atoms with Crippen molar-refractivity contribution in [2.45, 2.75) is 75.7 Å². The first-order valence-corrected chi connectivity index (χ1v) is 8.97. The van der Waals surface area contributed by atoms with Gasteiger partial charge in [0, 0.05) is 12.1 Å². The van der Waals surface area contributed by atoms with E-state index < -0.39 is 6.10 Å². The molecule has 0 aliphatic heterocycles. The van der Waals surface area contributed by atoms with E-state index in [1.165, 1.54) is 44.2 Å². The second-order valence-corrected chi connectivity index (χ2v) is 7.06. The SMILES string of the molecule is CN(C1CCCCC1)[C@H]1CCC[C@@H](Oc2ccc(F)cc2)[C@@H]1O. The molecule has 0 aromatic heterocycles. The van der Waals surface area contributed by atoms with Crippen molar-refractivity contribution in [3.8, 4) is 5.75 Å². The molecule has 1 aromatic rings. The van der Waals surface area contributed by atoms with Crippen LogP contribution in [0, 0.1) is 5.82 Å². The summed E-state index contributed by atoms with van der Waals surface area (Å²) in [6, 6.07) is 6.82. The molecule has 0 radical (unpaired) electrons. The fraction of sp³-hybridized carbons (Fsp3) is 0.684. The van der Waals surface area contributed by atoms with Crippen LogP contribution in [0.3, 0.4) is 0 Å². The van der Waals surface area contributed by atoms with Crippen LogP contribution < -0.4 is 4.74 Å². The molecule has 1 N–H and O–H groups in total. The van der Waals surface area contributed by atoms with Gasteiger partial charge < -0.3 is 9.84 Å². The molecule has 4 heteroatoms. The van der Waals surface area contributed by atoms with Crippen LogP contribution in [0.15, 0.2) is 24.3 Å². The second-order valence-electron chi connectivity index (χ2n) is 7.06. The molecule has 2 aliphatic carbocycles. The van der Waals surface area contributed by atoms with E-state index in [0.29, 0.717) is 11.8 Å². The first-order chi connectivity index (χ1) is 11.1. The Labute approximate surface area is 138 Å². The topological polar surface area (TPSA) is 32.7 Å². The maximum absolute atomic E-state index is 13.0. The summed E-state index contributed by atoms with van der Waals surface area (Å²) in [5, 5.41) is 10.8. The van der Waals surface area contributed by atoms with E-state index in [9.17, 15) is 9.50 Å². The molecule has 0 amide bonds. The third-order valence-corrected chi connectivity index (χ3v) is 5.54. The molecule has 3 atom stereocenters. The fourth-order valence-corrected chi connectivity index (χ4v) is 4.14. The van der Waals surface area contributed by atoms with Gasteiger partial charge in [-0.1, -0.05) is 19.3 Å². The molecule has 0 bridgehead atoms. The fourth-order valence-electron chi connectivity index (χ4n) is 4.14. The number of hydrogen-bond acceptors (Lipinski definition) is 3. The van der Waals surface area contributed by atoms with Gasteiger partial charge in [-0.05, 0) is 63.4 Å². The number of aliphatic hydroxyl groups is 1. The Bertz CT molecular complexity index is 487. The Morgan fingerprint density at radius 3 is 2.39 bits per heavy atom. The highest BCUT2D eigenvalue weighted by Crippen LogP contribution is 2.31. The predicted molar refractivity (Wildman–Crippen MR) is 89.1 cm³/mol. The number of likely N-dealkylation sites (N-methyl/N-ethyl adjacent to an activating group) is 1. The Hall–Kier alpha value is -1.13. The summed E-state index contributed by atoms with van der Waals surface area (Å²) in [6.07, 6.45) is 8.67. The first kappa shape index (κ1) is 16.7. The molecule has 128 valence electrons. The molecule has 0 heterocycles. The molecular formula is C19H28FNO2. The summed E-state index contributed by atoms with van der Waals surface area (Å²) in [5.74, 6) is 0.368. The van der Waals surface area contributed by atoms with Crippen molar-refractivity contribution < 1.29 is 14.2 Å². The van der Waals surface area contributed by atoms with Crippen molar-refractivity contribution >= 4 is 0 Å². The number of halogens is 1. The van der Waals surface area contributed by atoms with Gasteiger partial charge in [0.25, 0.3) is 0 Å². The van der Waals surface area contributed by atoms with Gasteiger partial charge in [-0.15, -0.1) is 0 Å². The van der Waals surface area contributed by atoms with Crippen LogP contribution >= 0.6 is 0 Å². The van der Waals surface area contributed by atoms with Crippen molar-refractivity contribution in [3.05, 3.63) is 30.1 Å². The molecule has 23 heavy (non-hydrogen) atoms. The predicted octanol–water partition coefficient (Wildman–Crippen LogP) is 3.75. The minimum Gasteiger partial charge on any atom is -0.488 e. The van der Waals surface area contributed by atoms with Crippen LogP contribution in [0.1, 0.15) is 51.4 Å². The standard InChI is InChI=1S/C19H28FNO2/c1-21(15-6-3-2-4-7-15)17-8-5-9-18(19(17)22)23-16-12-10-14(20)11-13-16/h10-13,15,17-19,22H,2-9H2,1H3/t17-,18+,19+/m0/s1. The number of aliphatic hydroxyl groups excluding tert-OH is 1. The van der Waals surface area contributed by atoms with Crippen molar-refractivity contribution in [1.29, 1.82) is 0 Å². The summed E-state index contributed by atoms with van der Waals surface area (Å²) >= 11 is 0. The maximum atomic E-state index is 13.0. The molecular weight excluding hydrogens is 293 g/mol. The Morgan fingerprint density at radius 1 is 1.00 bits per heavy atom. The van der Waals surface area contributed by atoms with Crippen molar-refractivity contribution in [2.24, 2.45) is 0 Å². The van der Waals surface area contributed by atoms with Crippen molar-refractivity contribution in [3.63, 3.8) is 0 Å². The molecule has 0 saturated heterocycles. The monoisotopic (exact) mass is 321 g/mol. The van der Waals surface area contributed by atoms with E-state index in [-0.39, 0.29) is 18.0 Å². The highest BCUT2D eigenvalue weighted by atomic mass is 19.1. The van der Waals surface area contributed by atoms with Gasteiger partial charge in [0.2, 0.25) is 0 Å². The van der Waals surface area contributed by atoms with Gasteiger partial charge in [0.05, 0.1) is 0 Å². The lowest BCUT2D eigenvalue weighted by Gasteiger charge is -2.43. The van der Waals surface area contributed by atoms with E-state index in [2.05, 4.69) is 11.9 Å². The minimum absolute atomic E-state index is 0.164. The summed E-state index contributed by atoms with van der Waals surface area (Å²) in [6.45, 7) is 0. The van der Waals surface area contributed by atoms with Crippen molar-refractivity contribution in [1.82, 2.24) is 4.90 Å². The molecule has 2 saturated carbocycles. The average molecular weight is 321 g/mol. The van der Waals surface area contributed by atoms with Gasteiger partial charge in [-0.25, -0.2) is 4.39 Å². The minimum atomic E-state index is -0.485. The highest BCUT2D eigenvalue weighted by Gasteiger charge is 2.37. The van der Waals surface area contributed by atoms with Crippen LogP contribution in [0.25, 0.3) is 0 Å². The first-order valence-electron chi connectivity index (χ1n) is 8.97. The lowest BCUT2D eigenvalue weighted by molar-refractivity contribution is -0.0602. The molecule has 1 aromatic carbocycles. The molecule has 0 unspecified atom stereocenters. The van der Waals surface area contributed by atoms with Gasteiger partial charge in [0.1, 0.15) is 23.8 Å². The Balaban J connectivity index is 1.63. The Morgan fingerprint density at radius 2 is 1.70 bits per heavy atom. The van der Waals surface area contributed by atoms with Crippen LogP contribution in [-0.4, -0.2) is 41.3 Å². The van der Waals surface area contributed by atoms with Crippen LogP contribution in [0.2, 0.25) is 0 Å². The van der Waals surface area contributed by atoms with E-state index in [1.807, 2.05) is 0 Å². The highest BCUT2D eigenvalue weighted by molar-refractivity contribution is 5.22.